The van der Waals surface area contributed by atoms with Crippen molar-refractivity contribution in [1.82, 2.24) is 0 Å². The van der Waals surface area contributed by atoms with Gasteiger partial charge in [-0.2, -0.15) is 35.1 Å². The Morgan fingerprint density at radius 1 is 0.760 bits per heavy atom. The molecular formula is C11H2ClF12O. The fraction of sp³-hybridized carbons (Fsp3) is 0.455. The fourth-order valence-electron chi connectivity index (χ4n) is 1.61. The predicted molar refractivity (Wildman–Crippen MR) is 56.8 cm³/mol. The van der Waals surface area contributed by atoms with Crippen molar-refractivity contribution in [1.29, 1.82) is 0 Å². The number of ether oxygens (including phenoxy) is 1. The predicted octanol–water partition coefficient (Wildman–Crippen LogP) is 5.96. The second kappa shape index (κ2) is 6.02. The summed E-state index contributed by atoms with van der Waals surface area (Å²) in [7, 11) is 0. The van der Waals surface area contributed by atoms with Crippen molar-refractivity contribution in [3.63, 3.8) is 0 Å². The van der Waals surface area contributed by atoms with Gasteiger partial charge in [0, 0.05) is 11.6 Å². The number of hydrogen-bond donors (Lipinski definition) is 0. The van der Waals surface area contributed by atoms with Crippen LogP contribution in [0.25, 0.3) is 0 Å². The van der Waals surface area contributed by atoms with E-state index in [1.807, 2.05) is 0 Å². The highest BCUT2D eigenvalue weighted by atomic mass is 35.5. The third-order valence-corrected chi connectivity index (χ3v) is 2.82. The van der Waals surface area contributed by atoms with Crippen LogP contribution in [0.5, 0.6) is 5.75 Å². The smallest absolute Gasteiger partial charge is 0.405 e. The maximum absolute atomic E-state index is 14.1. The van der Waals surface area contributed by atoms with E-state index in [-0.39, 0.29) is 6.07 Å². The fourth-order valence-corrected chi connectivity index (χ4v) is 1.82. The summed E-state index contributed by atoms with van der Waals surface area (Å²) in [5.74, 6) is -8.91. The molecule has 0 aliphatic rings. The Bertz CT molecular complexity index is 631. The van der Waals surface area contributed by atoms with Crippen LogP contribution in [-0.2, 0) is 5.67 Å². The molecule has 0 spiro atoms. The Morgan fingerprint density at radius 3 is 1.60 bits per heavy atom. The second-order valence-corrected chi connectivity index (χ2v) is 4.76. The van der Waals surface area contributed by atoms with Crippen molar-refractivity contribution in [3.05, 3.63) is 28.8 Å². The van der Waals surface area contributed by atoms with Crippen LogP contribution in [0.2, 0.25) is 5.02 Å². The van der Waals surface area contributed by atoms with Crippen LogP contribution in [0, 0.1) is 6.07 Å². The highest BCUT2D eigenvalue weighted by Gasteiger charge is 2.81. The molecule has 0 amide bonds. The van der Waals surface area contributed by atoms with Gasteiger partial charge in [-0.05, 0) is 12.1 Å². The molecular weight excluding hydrogens is 412 g/mol. The summed E-state index contributed by atoms with van der Waals surface area (Å²) in [6, 6.07) is 0.344. The van der Waals surface area contributed by atoms with Crippen LogP contribution in [0.3, 0.4) is 0 Å². The van der Waals surface area contributed by atoms with Crippen LogP contribution < -0.4 is 4.74 Å². The highest BCUT2D eigenvalue weighted by Crippen LogP contribution is 2.58. The lowest BCUT2D eigenvalue weighted by atomic mass is 9.87. The standard InChI is InChI=1S/C11H2ClF12O/c12-5-1-4(2-6(3-5)25-11(22,23)24)7(13,9(16,17)18)8(14,15)10(19,20)21/h1-2H. The van der Waals surface area contributed by atoms with Crippen LogP contribution >= 0.6 is 11.6 Å². The molecule has 0 heterocycles. The Kier molecular flexibility index (Phi) is 5.18. The normalized spacial score (nSPS) is 16.5. The van der Waals surface area contributed by atoms with Gasteiger partial charge in [0.2, 0.25) is 0 Å². The van der Waals surface area contributed by atoms with E-state index in [0.717, 1.165) is 0 Å². The molecule has 0 saturated carbocycles. The van der Waals surface area contributed by atoms with Crippen LogP contribution in [0.15, 0.2) is 12.1 Å². The molecule has 1 radical (unpaired) electrons. The molecule has 0 fully saturated rings. The first kappa shape index (κ1) is 21.5. The van der Waals surface area contributed by atoms with Gasteiger partial charge in [0.1, 0.15) is 5.75 Å². The average Bonchev–Trinajstić information content (AvgIpc) is 2.31. The molecule has 0 N–H and O–H groups in total. The quantitative estimate of drug-likeness (QED) is 0.555. The molecule has 0 aliphatic carbocycles. The van der Waals surface area contributed by atoms with Gasteiger partial charge in [-0.3, -0.25) is 0 Å². The molecule has 0 bridgehead atoms. The SMILES string of the molecule is FC(F)(F)Oc1[c]c(Cl)cc(C(F)(C(F)(F)F)C(F)(F)C(F)(F)F)c1. The van der Waals surface area contributed by atoms with Gasteiger partial charge in [0.25, 0.3) is 0 Å². The number of benzene rings is 1. The van der Waals surface area contributed by atoms with Crippen LogP contribution in [0.4, 0.5) is 52.7 Å². The molecule has 1 nitrogen and oxygen atoms in total. The van der Waals surface area contributed by atoms with Gasteiger partial charge < -0.3 is 4.74 Å². The Morgan fingerprint density at radius 2 is 1.24 bits per heavy atom. The molecule has 25 heavy (non-hydrogen) atoms. The molecule has 143 valence electrons. The maximum Gasteiger partial charge on any atom is 0.573 e. The third kappa shape index (κ3) is 4.01. The van der Waals surface area contributed by atoms with Crippen molar-refractivity contribution in [3.8, 4) is 5.75 Å². The lowest BCUT2D eigenvalue weighted by Crippen LogP contribution is -2.59. The molecule has 0 saturated heterocycles. The Labute approximate surface area is 135 Å². The van der Waals surface area contributed by atoms with E-state index in [1.54, 1.807) is 0 Å². The zero-order valence-electron chi connectivity index (χ0n) is 11.0. The number of rotatable bonds is 3. The monoisotopic (exact) mass is 413 g/mol. The van der Waals surface area contributed by atoms with E-state index in [0.29, 0.717) is 0 Å². The molecule has 0 aliphatic heterocycles. The van der Waals surface area contributed by atoms with E-state index in [4.69, 9.17) is 11.6 Å². The van der Waals surface area contributed by atoms with Gasteiger partial charge in [-0.15, -0.1) is 13.2 Å². The largest absolute Gasteiger partial charge is 0.573 e. The first-order valence-electron chi connectivity index (χ1n) is 5.52. The van der Waals surface area contributed by atoms with Crippen molar-refractivity contribution in [2.45, 2.75) is 30.3 Å². The zero-order valence-corrected chi connectivity index (χ0v) is 11.7. The topological polar surface area (TPSA) is 9.23 Å². The number of alkyl halides is 12. The molecule has 0 aromatic heterocycles. The van der Waals surface area contributed by atoms with E-state index >= 15 is 0 Å². The third-order valence-electron chi connectivity index (χ3n) is 2.61. The van der Waals surface area contributed by atoms with Crippen molar-refractivity contribution >= 4 is 11.6 Å². The van der Waals surface area contributed by atoms with E-state index < -0.39 is 52.7 Å². The van der Waals surface area contributed by atoms with Gasteiger partial charge in [-0.25, -0.2) is 4.39 Å². The Hall–Kier alpha value is -1.53. The summed E-state index contributed by atoms with van der Waals surface area (Å²) in [4.78, 5) is 0. The minimum Gasteiger partial charge on any atom is -0.405 e. The molecule has 14 heteroatoms. The van der Waals surface area contributed by atoms with Crippen LogP contribution in [0.1, 0.15) is 5.56 Å². The summed E-state index contributed by atoms with van der Waals surface area (Å²) in [6.45, 7) is 0. The minimum absolute atomic E-state index is 0.377. The summed E-state index contributed by atoms with van der Waals surface area (Å²) < 4.78 is 155. The maximum atomic E-state index is 14.1. The molecule has 1 aromatic rings. The summed E-state index contributed by atoms with van der Waals surface area (Å²) in [6.07, 6.45) is -19.5. The second-order valence-electron chi connectivity index (χ2n) is 4.36. The van der Waals surface area contributed by atoms with Gasteiger partial charge >= 0.3 is 30.3 Å². The van der Waals surface area contributed by atoms with Crippen molar-refractivity contribution in [2.24, 2.45) is 0 Å². The first-order chi connectivity index (χ1) is 10.8. The zero-order chi connectivity index (χ0) is 20.1. The summed E-state index contributed by atoms with van der Waals surface area (Å²) in [5, 5.41) is -1.33. The summed E-state index contributed by atoms with van der Waals surface area (Å²) >= 11 is 5.04. The molecule has 1 atom stereocenters. The Balaban J connectivity index is 3.70. The molecule has 1 aromatic carbocycles. The van der Waals surface area contributed by atoms with Crippen molar-refractivity contribution < 1.29 is 57.4 Å². The number of hydrogen-bond acceptors (Lipinski definition) is 1. The average molecular weight is 414 g/mol. The first-order valence-corrected chi connectivity index (χ1v) is 5.90. The van der Waals surface area contributed by atoms with Gasteiger partial charge in [-0.1, -0.05) is 11.6 Å². The lowest BCUT2D eigenvalue weighted by molar-refractivity contribution is -0.389. The molecule has 1 rings (SSSR count). The lowest BCUT2D eigenvalue weighted by Gasteiger charge is -2.36. The van der Waals surface area contributed by atoms with Crippen LogP contribution in [-0.4, -0.2) is 24.6 Å². The van der Waals surface area contributed by atoms with Crippen molar-refractivity contribution in [2.75, 3.05) is 0 Å². The van der Waals surface area contributed by atoms with E-state index in [9.17, 15) is 52.7 Å². The van der Waals surface area contributed by atoms with E-state index in [1.165, 1.54) is 6.07 Å². The number of halogens is 13. The van der Waals surface area contributed by atoms with Gasteiger partial charge in [0.05, 0.1) is 5.02 Å². The highest BCUT2D eigenvalue weighted by molar-refractivity contribution is 6.30. The van der Waals surface area contributed by atoms with E-state index in [2.05, 4.69) is 4.74 Å². The summed E-state index contributed by atoms with van der Waals surface area (Å²) in [5.41, 5.74) is -8.99. The van der Waals surface area contributed by atoms with Gasteiger partial charge in [0.15, 0.2) is 0 Å². The minimum atomic E-state index is -7.06. The molecule has 1 unspecified atom stereocenters.